The molecule has 1 aromatic carbocycles. The van der Waals surface area contributed by atoms with Crippen LogP contribution in [0.2, 0.25) is 0 Å². The van der Waals surface area contributed by atoms with E-state index in [1.54, 1.807) is 11.9 Å². The number of halogens is 2. The highest BCUT2D eigenvalue weighted by Gasteiger charge is 2.24. The van der Waals surface area contributed by atoms with Gasteiger partial charge in [-0.15, -0.1) is 0 Å². The van der Waals surface area contributed by atoms with Gasteiger partial charge in [0, 0.05) is 32.0 Å². The Bertz CT molecular complexity index is 423. The van der Waals surface area contributed by atoms with Crippen molar-refractivity contribution in [3.05, 3.63) is 29.8 Å². The Morgan fingerprint density at radius 1 is 1.24 bits per heavy atom. The summed E-state index contributed by atoms with van der Waals surface area (Å²) < 4.78 is 26.7. The van der Waals surface area contributed by atoms with E-state index >= 15 is 0 Å². The summed E-state index contributed by atoms with van der Waals surface area (Å²) >= 11 is 0. The van der Waals surface area contributed by atoms with Crippen molar-refractivity contribution in [3.63, 3.8) is 0 Å². The molecule has 2 nitrogen and oxygen atoms in total. The van der Waals surface area contributed by atoms with Gasteiger partial charge in [0.15, 0.2) is 0 Å². The molecule has 1 saturated carbocycles. The van der Waals surface area contributed by atoms with Gasteiger partial charge in [-0.05, 0) is 25.0 Å². The van der Waals surface area contributed by atoms with Crippen molar-refractivity contribution in [2.45, 2.75) is 31.7 Å². The summed E-state index contributed by atoms with van der Waals surface area (Å²) in [5.41, 5.74) is 0.268. The molecule has 0 spiro atoms. The summed E-state index contributed by atoms with van der Waals surface area (Å²) in [5, 5.41) is 0. The molecule has 1 fully saturated rings. The Morgan fingerprint density at radius 2 is 1.88 bits per heavy atom. The molecule has 4 heteroatoms. The Kier molecular flexibility index (Phi) is 3.41. The minimum Gasteiger partial charge on any atom is -0.369 e. The fourth-order valence-electron chi connectivity index (χ4n) is 2.26. The van der Waals surface area contributed by atoms with Crippen LogP contribution >= 0.6 is 0 Å². The summed E-state index contributed by atoms with van der Waals surface area (Å²) in [4.78, 5) is 12.9. The molecule has 0 N–H and O–H groups in total. The molecule has 17 heavy (non-hydrogen) atoms. The number of hydrogen-bond donors (Lipinski definition) is 0. The maximum absolute atomic E-state index is 13.6. The van der Waals surface area contributed by atoms with Crippen LogP contribution in [0.1, 0.15) is 25.7 Å². The topological polar surface area (TPSA) is 20.3 Å². The first-order valence-corrected chi connectivity index (χ1v) is 5.77. The minimum atomic E-state index is -0.444. The first-order chi connectivity index (χ1) is 8.08. The quantitative estimate of drug-likeness (QED) is 0.791. The SMILES string of the molecule is CN(c1cc(F)ccc1F)C1CCC(=O)CC1. The number of nitrogens with zero attached hydrogens (tertiary/aromatic N) is 1. The summed E-state index contributed by atoms with van der Waals surface area (Å²) in [7, 11) is 1.75. The van der Waals surface area contributed by atoms with Crippen molar-refractivity contribution in [2.75, 3.05) is 11.9 Å². The standard InChI is InChI=1S/C13H15F2NO/c1-16(10-3-5-11(17)6-4-10)13-8-9(14)2-7-12(13)15/h2,7-8,10H,3-6H2,1H3. The molecule has 0 aliphatic heterocycles. The van der Waals surface area contributed by atoms with E-state index in [-0.39, 0.29) is 17.5 Å². The van der Waals surface area contributed by atoms with Crippen LogP contribution in [-0.2, 0) is 4.79 Å². The lowest BCUT2D eigenvalue weighted by atomic mass is 9.93. The fourth-order valence-corrected chi connectivity index (χ4v) is 2.26. The third kappa shape index (κ3) is 2.62. The van der Waals surface area contributed by atoms with Gasteiger partial charge < -0.3 is 4.90 Å². The molecule has 2 rings (SSSR count). The van der Waals surface area contributed by atoms with E-state index in [0.29, 0.717) is 25.7 Å². The molecule has 1 aliphatic rings. The Morgan fingerprint density at radius 3 is 2.53 bits per heavy atom. The molecule has 92 valence electrons. The van der Waals surface area contributed by atoms with Crippen molar-refractivity contribution in [1.82, 2.24) is 0 Å². The lowest BCUT2D eigenvalue weighted by molar-refractivity contribution is -0.120. The predicted octanol–water partition coefficient (Wildman–Crippen LogP) is 2.91. The first kappa shape index (κ1) is 12.0. The number of hydrogen-bond acceptors (Lipinski definition) is 2. The smallest absolute Gasteiger partial charge is 0.146 e. The van der Waals surface area contributed by atoms with Crippen LogP contribution in [0, 0.1) is 11.6 Å². The Balaban J connectivity index is 2.16. The minimum absolute atomic E-state index is 0.115. The van der Waals surface area contributed by atoms with E-state index in [9.17, 15) is 13.6 Å². The third-order valence-corrected chi connectivity index (χ3v) is 3.35. The van der Waals surface area contributed by atoms with Crippen LogP contribution in [0.25, 0.3) is 0 Å². The van der Waals surface area contributed by atoms with Gasteiger partial charge in [-0.2, -0.15) is 0 Å². The van der Waals surface area contributed by atoms with Crippen molar-refractivity contribution < 1.29 is 13.6 Å². The van der Waals surface area contributed by atoms with Gasteiger partial charge >= 0.3 is 0 Å². The maximum atomic E-state index is 13.6. The van der Waals surface area contributed by atoms with E-state index < -0.39 is 11.6 Å². The number of anilines is 1. The van der Waals surface area contributed by atoms with E-state index in [2.05, 4.69) is 0 Å². The molecule has 1 aliphatic carbocycles. The highest BCUT2D eigenvalue weighted by Crippen LogP contribution is 2.27. The second-order valence-corrected chi connectivity index (χ2v) is 4.48. The highest BCUT2D eigenvalue weighted by molar-refractivity contribution is 5.79. The normalized spacial score (nSPS) is 17.2. The summed E-state index contributed by atoms with van der Waals surface area (Å²) in [6, 6.07) is 3.56. The van der Waals surface area contributed by atoms with Crippen molar-refractivity contribution in [1.29, 1.82) is 0 Å². The van der Waals surface area contributed by atoms with Gasteiger partial charge in [0.05, 0.1) is 5.69 Å². The van der Waals surface area contributed by atoms with Crippen molar-refractivity contribution in [2.24, 2.45) is 0 Å². The van der Waals surface area contributed by atoms with E-state index in [4.69, 9.17) is 0 Å². The number of benzene rings is 1. The molecule has 0 bridgehead atoms. The molecule has 0 radical (unpaired) electrons. The zero-order valence-corrected chi connectivity index (χ0v) is 9.75. The van der Waals surface area contributed by atoms with Crippen LogP contribution in [-0.4, -0.2) is 18.9 Å². The summed E-state index contributed by atoms with van der Waals surface area (Å²) in [6.45, 7) is 0. The lowest BCUT2D eigenvalue weighted by Crippen LogP contribution is -2.35. The number of rotatable bonds is 2. The van der Waals surface area contributed by atoms with E-state index in [0.717, 1.165) is 12.1 Å². The Labute approximate surface area is 99.2 Å². The molecule has 0 amide bonds. The van der Waals surface area contributed by atoms with Crippen molar-refractivity contribution in [3.8, 4) is 0 Å². The van der Waals surface area contributed by atoms with Crippen LogP contribution in [0.15, 0.2) is 18.2 Å². The van der Waals surface area contributed by atoms with Crippen LogP contribution < -0.4 is 4.90 Å². The summed E-state index contributed by atoms with van der Waals surface area (Å²) in [6.07, 6.45) is 2.49. The lowest BCUT2D eigenvalue weighted by Gasteiger charge is -2.32. The molecular weight excluding hydrogens is 224 g/mol. The largest absolute Gasteiger partial charge is 0.369 e. The second-order valence-electron chi connectivity index (χ2n) is 4.48. The van der Waals surface area contributed by atoms with Crippen LogP contribution in [0.3, 0.4) is 0 Å². The van der Waals surface area contributed by atoms with Gasteiger partial charge in [0.25, 0.3) is 0 Å². The van der Waals surface area contributed by atoms with Gasteiger partial charge in [0.1, 0.15) is 17.4 Å². The first-order valence-electron chi connectivity index (χ1n) is 5.77. The zero-order valence-electron chi connectivity index (χ0n) is 9.75. The highest BCUT2D eigenvalue weighted by atomic mass is 19.1. The van der Waals surface area contributed by atoms with Crippen LogP contribution in [0.4, 0.5) is 14.5 Å². The number of carbonyl (C=O) groups is 1. The van der Waals surface area contributed by atoms with E-state index in [1.165, 1.54) is 6.07 Å². The van der Waals surface area contributed by atoms with Gasteiger partial charge in [-0.3, -0.25) is 4.79 Å². The van der Waals surface area contributed by atoms with Gasteiger partial charge in [0.2, 0.25) is 0 Å². The third-order valence-electron chi connectivity index (χ3n) is 3.35. The van der Waals surface area contributed by atoms with Crippen LogP contribution in [0.5, 0.6) is 0 Å². The Hall–Kier alpha value is -1.45. The monoisotopic (exact) mass is 239 g/mol. The fraction of sp³-hybridized carbons (Fsp3) is 0.462. The molecule has 0 aromatic heterocycles. The van der Waals surface area contributed by atoms with Gasteiger partial charge in [-0.1, -0.05) is 0 Å². The number of Topliss-reactive ketones (excluding diaryl/α,β-unsaturated/α-hetero) is 1. The number of ketones is 1. The average molecular weight is 239 g/mol. The molecule has 0 atom stereocenters. The summed E-state index contributed by atoms with van der Waals surface area (Å²) in [5.74, 6) is -0.611. The van der Waals surface area contributed by atoms with Crippen molar-refractivity contribution >= 4 is 11.5 Å². The molecular formula is C13H15F2NO. The molecule has 0 saturated heterocycles. The maximum Gasteiger partial charge on any atom is 0.146 e. The zero-order chi connectivity index (χ0) is 12.4. The second kappa shape index (κ2) is 4.82. The van der Waals surface area contributed by atoms with E-state index in [1.807, 2.05) is 0 Å². The molecule has 0 heterocycles. The number of carbonyl (C=O) groups excluding carboxylic acids is 1. The predicted molar refractivity (Wildman–Crippen MR) is 62.0 cm³/mol. The van der Waals surface area contributed by atoms with Gasteiger partial charge in [-0.25, -0.2) is 8.78 Å². The molecule has 1 aromatic rings. The molecule has 0 unspecified atom stereocenters. The average Bonchev–Trinajstić information content (AvgIpc) is 2.32.